The number of nitrogens with one attached hydrogen (secondary N) is 1. The van der Waals surface area contributed by atoms with Crippen molar-refractivity contribution in [2.75, 3.05) is 16.8 Å². The third kappa shape index (κ3) is 3.78. The van der Waals surface area contributed by atoms with E-state index in [9.17, 15) is 14.0 Å². The maximum absolute atomic E-state index is 13.3. The lowest BCUT2D eigenvalue weighted by Gasteiger charge is -2.17. The smallest absolute Gasteiger partial charge is 0.229 e. The number of aryl methyl sites for hydroxylation is 1. The summed E-state index contributed by atoms with van der Waals surface area (Å²) in [5.41, 5.74) is 1.97. The van der Waals surface area contributed by atoms with E-state index in [1.54, 1.807) is 12.1 Å². The summed E-state index contributed by atoms with van der Waals surface area (Å²) >= 11 is 11.8. The molecule has 0 aliphatic carbocycles. The van der Waals surface area contributed by atoms with E-state index in [4.69, 9.17) is 23.2 Å². The van der Waals surface area contributed by atoms with Crippen molar-refractivity contribution in [3.8, 4) is 0 Å². The number of rotatable bonds is 3. The van der Waals surface area contributed by atoms with Crippen LogP contribution in [0.5, 0.6) is 0 Å². The van der Waals surface area contributed by atoms with Gasteiger partial charge in [-0.05, 0) is 42.8 Å². The normalized spacial score (nSPS) is 17.0. The van der Waals surface area contributed by atoms with Crippen LogP contribution < -0.4 is 10.2 Å². The molecule has 2 aromatic carbocycles. The lowest BCUT2D eigenvalue weighted by molar-refractivity contribution is -0.122. The number of hydrogen-bond acceptors (Lipinski definition) is 2. The first kappa shape index (κ1) is 17.7. The zero-order valence-electron chi connectivity index (χ0n) is 13.4. The summed E-state index contributed by atoms with van der Waals surface area (Å²) in [7, 11) is 0. The Morgan fingerprint density at radius 1 is 1.20 bits per heavy atom. The fraction of sp³-hybridized carbons (Fsp3) is 0.222. The van der Waals surface area contributed by atoms with Crippen molar-refractivity contribution < 1.29 is 14.0 Å². The molecule has 130 valence electrons. The number of anilines is 2. The van der Waals surface area contributed by atoms with Crippen molar-refractivity contribution in [3.05, 3.63) is 57.8 Å². The van der Waals surface area contributed by atoms with Gasteiger partial charge in [-0.3, -0.25) is 9.59 Å². The molecular weight excluding hydrogens is 366 g/mol. The van der Waals surface area contributed by atoms with Crippen LogP contribution >= 0.6 is 23.2 Å². The van der Waals surface area contributed by atoms with Gasteiger partial charge in [0.25, 0.3) is 0 Å². The fourth-order valence-corrected chi connectivity index (χ4v) is 3.06. The summed E-state index contributed by atoms with van der Waals surface area (Å²) in [6.45, 7) is 2.08. The van der Waals surface area contributed by atoms with Crippen LogP contribution in [-0.2, 0) is 9.59 Å². The molecule has 1 atom stereocenters. The monoisotopic (exact) mass is 380 g/mol. The number of hydrogen-bond donors (Lipinski definition) is 1. The molecule has 3 rings (SSSR count). The quantitative estimate of drug-likeness (QED) is 0.855. The third-order valence-corrected chi connectivity index (χ3v) is 4.85. The van der Waals surface area contributed by atoms with Crippen molar-refractivity contribution in [2.45, 2.75) is 13.3 Å². The van der Waals surface area contributed by atoms with E-state index in [-0.39, 0.29) is 29.8 Å². The fourth-order valence-electron chi connectivity index (χ4n) is 2.70. The molecule has 2 aromatic rings. The van der Waals surface area contributed by atoms with Crippen LogP contribution in [0.3, 0.4) is 0 Å². The minimum atomic E-state index is -0.553. The van der Waals surface area contributed by atoms with Crippen LogP contribution in [0.15, 0.2) is 36.4 Å². The summed E-state index contributed by atoms with van der Waals surface area (Å²) in [4.78, 5) is 26.1. The molecule has 2 amide bonds. The second-order valence-electron chi connectivity index (χ2n) is 5.96. The Hall–Kier alpha value is -2.11. The highest BCUT2D eigenvalue weighted by molar-refractivity contribution is 6.31. The van der Waals surface area contributed by atoms with Crippen LogP contribution in [0.25, 0.3) is 0 Å². The maximum atomic E-state index is 13.3. The van der Waals surface area contributed by atoms with Crippen molar-refractivity contribution in [1.29, 1.82) is 0 Å². The Morgan fingerprint density at radius 2 is 1.96 bits per heavy atom. The van der Waals surface area contributed by atoms with Crippen LogP contribution in [0.4, 0.5) is 15.8 Å². The minimum absolute atomic E-state index is 0.0625. The van der Waals surface area contributed by atoms with Crippen molar-refractivity contribution in [2.24, 2.45) is 5.92 Å². The number of amides is 2. The molecule has 0 saturated carbocycles. The summed E-state index contributed by atoms with van der Waals surface area (Å²) in [6.07, 6.45) is 0.0838. The first-order chi connectivity index (χ1) is 11.8. The molecule has 25 heavy (non-hydrogen) atoms. The number of carbonyl (C=O) groups excluding carboxylic acids is 2. The van der Waals surface area contributed by atoms with Gasteiger partial charge in [-0.15, -0.1) is 0 Å². The van der Waals surface area contributed by atoms with E-state index in [0.717, 1.165) is 5.56 Å². The van der Waals surface area contributed by atoms with E-state index in [0.29, 0.717) is 16.4 Å². The molecule has 1 aliphatic rings. The first-order valence-electron chi connectivity index (χ1n) is 7.67. The van der Waals surface area contributed by atoms with Crippen molar-refractivity contribution in [1.82, 2.24) is 0 Å². The largest absolute Gasteiger partial charge is 0.326 e. The van der Waals surface area contributed by atoms with Gasteiger partial charge in [-0.25, -0.2) is 4.39 Å². The van der Waals surface area contributed by atoms with Gasteiger partial charge in [0.2, 0.25) is 11.8 Å². The predicted octanol–water partition coefficient (Wildman–Crippen LogP) is 4.43. The zero-order valence-corrected chi connectivity index (χ0v) is 14.9. The van der Waals surface area contributed by atoms with Gasteiger partial charge in [0.1, 0.15) is 5.82 Å². The molecule has 0 aromatic heterocycles. The molecule has 0 spiro atoms. The molecule has 7 heteroatoms. The van der Waals surface area contributed by atoms with Gasteiger partial charge in [0.05, 0.1) is 10.9 Å². The second kappa shape index (κ2) is 7.02. The predicted molar refractivity (Wildman–Crippen MR) is 96.7 cm³/mol. The minimum Gasteiger partial charge on any atom is -0.326 e. The Balaban J connectivity index is 1.71. The van der Waals surface area contributed by atoms with Gasteiger partial charge < -0.3 is 10.2 Å². The standard InChI is InChI=1S/C18H15Cl2FN2O2/c1-10-2-3-12(7-14(10)19)22-18(25)11-6-17(24)23(9-11)13-4-5-16(21)15(20)8-13/h2-5,7-8,11H,6,9H2,1H3,(H,22,25). The van der Waals surface area contributed by atoms with Crippen LogP contribution in [0.2, 0.25) is 10.0 Å². The number of benzene rings is 2. The third-order valence-electron chi connectivity index (χ3n) is 4.15. The molecule has 1 aliphatic heterocycles. The topological polar surface area (TPSA) is 49.4 Å². The first-order valence-corrected chi connectivity index (χ1v) is 8.43. The lowest BCUT2D eigenvalue weighted by Crippen LogP contribution is -2.28. The van der Waals surface area contributed by atoms with Gasteiger partial charge in [-0.2, -0.15) is 0 Å². The SMILES string of the molecule is Cc1ccc(NC(=O)C2CC(=O)N(c3ccc(F)c(Cl)c3)C2)cc1Cl. The van der Waals surface area contributed by atoms with E-state index in [1.807, 2.05) is 13.0 Å². The highest BCUT2D eigenvalue weighted by atomic mass is 35.5. The van der Waals surface area contributed by atoms with Gasteiger partial charge in [0.15, 0.2) is 0 Å². The van der Waals surface area contributed by atoms with E-state index < -0.39 is 11.7 Å². The van der Waals surface area contributed by atoms with Gasteiger partial charge in [-0.1, -0.05) is 29.3 Å². The lowest BCUT2D eigenvalue weighted by atomic mass is 10.1. The van der Waals surface area contributed by atoms with E-state index >= 15 is 0 Å². The summed E-state index contributed by atoms with van der Waals surface area (Å²) in [5, 5.41) is 3.27. The molecule has 1 fully saturated rings. The zero-order chi connectivity index (χ0) is 18.1. The van der Waals surface area contributed by atoms with Gasteiger partial charge >= 0.3 is 0 Å². The summed E-state index contributed by atoms with van der Waals surface area (Å²) in [6, 6.07) is 9.29. The molecule has 1 heterocycles. The number of nitrogens with zero attached hydrogens (tertiary/aromatic N) is 1. The summed E-state index contributed by atoms with van der Waals surface area (Å²) in [5.74, 6) is -1.52. The highest BCUT2D eigenvalue weighted by Crippen LogP contribution is 2.29. The maximum Gasteiger partial charge on any atom is 0.229 e. The molecule has 1 N–H and O–H groups in total. The molecule has 0 bridgehead atoms. The second-order valence-corrected chi connectivity index (χ2v) is 6.77. The van der Waals surface area contributed by atoms with Crippen LogP contribution in [0.1, 0.15) is 12.0 Å². The average molecular weight is 381 g/mol. The van der Waals surface area contributed by atoms with Crippen LogP contribution in [-0.4, -0.2) is 18.4 Å². The Bertz CT molecular complexity index is 857. The average Bonchev–Trinajstić information content (AvgIpc) is 2.95. The Kier molecular flexibility index (Phi) is 4.97. The number of carbonyl (C=O) groups is 2. The van der Waals surface area contributed by atoms with Crippen molar-refractivity contribution >= 4 is 46.4 Å². The number of halogens is 3. The molecule has 1 saturated heterocycles. The van der Waals surface area contributed by atoms with E-state index in [2.05, 4.69) is 5.32 Å². The molecule has 1 unspecified atom stereocenters. The van der Waals surface area contributed by atoms with Crippen LogP contribution in [0, 0.1) is 18.7 Å². The molecule has 4 nitrogen and oxygen atoms in total. The summed E-state index contributed by atoms with van der Waals surface area (Å²) < 4.78 is 13.3. The highest BCUT2D eigenvalue weighted by Gasteiger charge is 2.35. The van der Waals surface area contributed by atoms with Gasteiger partial charge in [0, 0.05) is 29.4 Å². The van der Waals surface area contributed by atoms with Crippen molar-refractivity contribution in [3.63, 3.8) is 0 Å². The molecule has 0 radical (unpaired) electrons. The van der Waals surface area contributed by atoms with E-state index in [1.165, 1.54) is 23.1 Å². The Morgan fingerprint density at radius 3 is 2.64 bits per heavy atom. The molecular formula is C18H15Cl2FN2O2. The Labute approximate surface area is 154 Å².